The highest BCUT2D eigenvalue weighted by Gasteiger charge is 2.22. The van der Waals surface area contributed by atoms with Crippen molar-refractivity contribution in [2.45, 2.75) is 31.6 Å². The van der Waals surface area contributed by atoms with Gasteiger partial charge in [-0.25, -0.2) is 19.9 Å². The summed E-state index contributed by atoms with van der Waals surface area (Å²) in [5.74, 6) is 1.55. The highest BCUT2D eigenvalue weighted by atomic mass is 32.1. The molecular formula is C43H34N8O4S2. The fourth-order valence-corrected chi connectivity index (χ4v) is 7.49. The number of aromatic nitrogens is 6. The fraction of sp³-hybridized carbons (Fsp3) is 0.163. The SMILES string of the molecule is CCCCOc1ccc(Oc2nccc(C(C#N)c3nc4ccccc4s3)n2)cc1.COc1ccc(Oc2nccc(C(C#N)c3nc4ccccc4s3)n2)cc1. The number of para-hydroxylation sites is 2. The minimum Gasteiger partial charge on any atom is -0.497 e. The maximum atomic E-state index is 9.76. The van der Waals surface area contributed by atoms with Gasteiger partial charge in [0.2, 0.25) is 0 Å². The molecule has 2 unspecified atom stereocenters. The van der Waals surface area contributed by atoms with Gasteiger partial charge in [-0.3, -0.25) is 0 Å². The lowest BCUT2D eigenvalue weighted by Crippen LogP contribution is -2.03. The van der Waals surface area contributed by atoms with Gasteiger partial charge in [0.25, 0.3) is 0 Å². The Kier molecular flexibility index (Phi) is 12.5. The minimum atomic E-state index is -0.581. The molecule has 0 saturated heterocycles. The second kappa shape index (κ2) is 18.6. The number of fused-ring (bicyclic) bond motifs is 2. The van der Waals surface area contributed by atoms with E-state index in [4.69, 9.17) is 18.9 Å². The van der Waals surface area contributed by atoms with Gasteiger partial charge in [-0.05, 0) is 91.3 Å². The highest BCUT2D eigenvalue weighted by molar-refractivity contribution is 7.19. The summed E-state index contributed by atoms with van der Waals surface area (Å²) < 4.78 is 24.4. The summed E-state index contributed by atoms with van der Waals surface area (Å²) in [7, 11) is 1.60. The van der Waals surface area contributed by atoms with Crippen molar-refractivity contribution in [2.24, 2.45) is 0 Å². The first-order valence-electron chi connectivity index (χ1n) is 17.9. The number of benzene rings is 4. The van der Waals surface area contributed by atoms with Crippen LogP contribution in [0.2, 0.25) is 0 Å². The molecule has 0 fully saturated rings. The number of methoxy groups -OCH3 is 1. The largest absolute Gasteiger partial charge is 0.497 e. The van der Waals surface area contributed by atoms with Crippen molar-refractivity contribution in [3.63, 3.8) is 0 Å². The maximum absolute atomic E-state index is 9.76. The lowest BCUT2D eigenvalue weighted by atomic mass is 10.1. The Morgan fingerprint density at radius 2 is 1.04 bits per heavy atom. The lowest BCUT2D eigenvalue weighted by molar-refractivity contribution is 0.309. The van der Waals surface area contributed by atoms with Crippen LogP contribution < -0.4 is 18.9 Å². The van der Waals surface area contributed by atoms with E-state index in [9.17, 15) is 10.5 Å². The van der Waals surface area contributed by atoms with E-state index in [-0.39, 0.29) is 12.0 Å². The number of nitrogens with zero attached hydrogens (tertiary/aromatic N) is 8. The van der Waals surface area contributed by atoms with Gasteiger partial charge in [0.05, 0.1) is 57.7 Å². The Balaban J connectivity index is 0.000000175. The standard InChI is InChI=1S/C23H20N4O2S.C20H14N4O2S/c1-2-3-14-28-16-8-10-17(11-9-16)29-23-25-13-12-19(27-23)18(15-24)22-26-20-6-4-5-7-21(20)30-22;1-25-13-6-8-14(9-7-13)26-20-22-11-10-16(24-20)15(12-21)19-23-17-4-2-3-5-18(17)27-19/h4-13,18H,2-3,14H2,1H3;2-11,15H,1H3. The molecular weight excluding hydrogens is 757 g/mol. The summed E-state index contributed by atoms with van der Waals surface area (Å²) in [5.41, 5.74) is 2.86. The monoisotopic (exact) mass is 790 g/mol. The van der Waals surface area contributed by atoms with Gasteiger partial charge >= 0.3 is 12.0 Å². The number of hydrogen-bond acceptors (Lipinski definition) is 14. The van der Waals surface area contributed by atoms with E-state index in [1.54, 1.807) is 55.9 Å². The predicted molar refractivity (Wildman–Crippen MR) is 218 cm³/mol. The van der Waals surface area contributed by atoms with Gasteiger partial charge in [-0.15, -0.1) is 22.7 Å². The van der Waals surface area contributed by atoms with E-state index in [0.717, 1.165) is 44.8 Å². The first-order chi connectivity index (χ1) is 28.0. The fourth-order valence-electron chi connectivity index (χ4n) is 5.44. The summed E-state index contributed by atoms with van der Waals surface area (Å²) >= 11 is 2.99. The smallest absolute Gasteiger partial charge is 0.322 e. The van der Waals surface area contributed by atoms with Gasteiger partial charge in [0, 0.05) is 12.4 Å². The van der Waals surface area contributed by atoms with E-state index >= 15 is 0 Å². The van der Waals surface area contributed by atoms with Gasteiger partial charge in [0.1, 0.15) is 44.8 Å². The third kappa shape index (κ3) is 9.63. The molecule has 0 amide bonds. The quantitative estimate of drug-likeness (QED) is 0.102. The van der Waals surface area contributed by atoms with Gasteiger partial charge in [0.15, 0.2) is 0 Å². The molecule has 0 aliphatic heterocycles. The molecule has 282 valence electrons. The zero-order chi connectivity index (χ0) is 39.4. The van der Waals surface area contributed by atoms with Crippen LogP contribution in [0.4, 0.5) is 0 Å². The molecule has 0 N–H and O–H groups in total. The predicted octanol–water partition coefficient (Wildman–Crippen LogP) is 10.3. The van der Waals surface area contributed by atoms with Crippen molar-refractivity contribution in [2.75, 3.05) is 13.7 Å². The molecule has 0 radical (unpaired) electrons. The second-order valence-electron chi connectivity index (χ2n) is 12.2. The second-order valence-corrected chi connectivity index (χ2v) is 14.4. The van der Waals surface area contributed by atoms with E-state index in [1.165, 1.54) is 22.7 Å². The first kappa shape index (κ1) is 38.3. The number of nitriles is 2. The average molecular weight is 791 g/mol. The zero-order valence-electron chi connectivity index (χ0n) is 30.9. The summed E-state index contributed by atoms with van der Waals surface area (Å²) in [6.07, 6.45) is 5.29. The number of thiazole rings is 2. The third-order valence-electron chi connectivity index (χ3n) is 8.34. The highest BCUT2D eigenvalue weighted by Crippen LogP contribution is 2.33. The molecule has 8 aromatic rings. The average Bonchev–Trinajstić information content (AvgIpc) is 3.88. The number of rotatable bonds is 13. The molecule has 8 rings (SSSR count). The van der Waals surface area contributed by atoms with Gasteiger partial charge < -0.3 is 18.9 Å². The van der Waals surface area contributed by atoms with Crippen molar-refractivity contribution in [3.8, 4) is 47.2 Å². The Bertz CT molecular complexity index is 2590. The van der Waals surface area contributed by atoms with E-state index in [1.807, 2.05) is 72.8 Å². The first-order valence-corrected chi connectivity index (χ1v) is 19.6. The summed E-state index contributed by atoms with van der Waals surface area (Å²) in [4.78, 5) is 26.3. The van der Waals surface area contributed by atoms with Crippen molar-refractivity contribution in [1.82, 2.24) is 29.9 Å². The van der Waals surface area contributed by atoms with E-state index in [2.05, 4.69) is 49.0 Å². The summed E-state index contributed by atoms with van der Waals surface area (Å²) in [5, 5.41) is 20.9. The van der Waals surface area contributed by atoms with Gasteiger partial charge in [-0.1, -0.05) is 37.6 Å². The topological polar surface area (TPSA) is 162 Å². The molecule has 0 saturated carbocycles. The third-order valence-corrected chi connectivity index (χ3v) is 10.5. The Labute approximate surface area is 336 Å². The zero-order valence-corrected chi connectivity index (χ0v) is 32.5. The molecule has 4 heterocycles. The Hall–Kier alpha value is -7.00. The van der Waals surface area contributed by atoms with Crippen LogP contribution in [0.25, 0.3) is 20.4 Å². The van der Waals surface area contributed by atoms with Gasteiger partial charge in [-0.2, -0.15) is 20.5 Å². The summed E-state index contributed by atoms with van der Waals surface area (Å²) in [6, 6.07) is 38.5. The van der Waals surface area contributed by atoms with Crippen molar-refractivity contribution >= 4 is 43.1 Å². The molecule has 2 atom stereocenters. The van der Waals surface area contributed by atoms with Crippen LogP contribution in [0, 0.1) is 22.7 Å². The Morgan fingerprint density at radius 1 is 0.579 bits per heavy atom. The molecule has 0 bridgehead atoms. The molecule has 14 heteroatoms. The number of hydrogen-bond donors (Lipinski definition) is 0. The van der Waals surface area contributed by atoms with Crippen molar-refractivity contribution < 1.29 is 18.9 Å². The lowest BCUT2D eigenvalue weighted by Gasteiger charge is -2.09. The summed E-state index contributed by atoms with van der Waals surface area (Å²) in [6.45, 7) is 2.82. The van der Waals surface area contributed by atoms with Crippen LogP contribution in [-0.2, 0) is 0 Å². The molecule has 0 aliphatic rings. The van der Waals surface area contributed by atoms with Crippen LogP contribution >= 0.6 is 22.7 Å². The molecule has 12 nitrogen and oxygen atoms in total. The molecule has 4 aromatic heterocycles. The molecule has 57 heavy (non-hydrogen) atoms. The molecule has 0 aliphatic carbocycles. The van der Waals surface area contributed by atoms with Crippen LogP contribution in [-0.4, -0.2) is 43.6 Å². The number of unbranched alkanes of at least 4 members (excludes halogenated alkanes) is 1. The number of ether oxygens (including phenoxy) is 4. The van der Waals surface area contributed by atoms with E-state index < -0.39 is 11.8 Å². The minimum absolute atomic E-state index is 0.180. The van der Waals surface area contributed by atoms with E-state index in [0.29, 0.717) is 39.5 Å². The Morgan fingerprint density at radius 3 is 1.47 bits per heavy atom. The van der Waals surface area contributed by atoms with Crippen LogP contribution in [0.3, 0.4) is 0 Å². The molecule has 0 spiro atoms. The van der Waals surface area contributed by atoms with Crippen LogP contribution in [0.1, 0.15) is 53.0 Å². The molecule has 4 aromatic carbocycles. The maximum Gasteiger partial charge on any atom is 0.322 e. The normalized spacial score (nSPS) is 11.7. The van der Waals surface area contributed by atoms with Crippen molar-refractivity contribution in [1.29, 1.82) is 10.5 Å². The van der Waals surface area contributed by atoms with Crippen LogP contribution in [0.5, 0.6) is 35.0 Å². The van der Waals surface area contributed by atoms with Crippen LogP contribution in [0.15, 0.2) is 122 Å². The van der Waals surface area contributed by atoms with Crippen molar-refractivity contribution in [3.05, 3.63) is 143 Å².